The first kappa shape index (κ1) is 15.0. The Hall–Kier alpha value is -2.94. The van der Waals surface area contributed by atoms with Crippen LogP contribution < -0.4 is 0 Å². The first-order valence-corrected chi connectivity index (χ1v) is 7.47. The average molecular weight is 303 g/mol. The Bertz CT molecular complexity index is 863. The van der Waals surface area contributed by atoms with Gasteiger partial charge in [0.1, 0.15) is 6.61 Å². The Labute approximate surface area is 135 Å². The lowest BCUT2D eigenvalue weighted by atomic mass is 10.1. The van der Waals surface area contributed by atoms with Gasteiger partial charge < -0.3 is 4.74 Å². The fourth-order valence-corrected chi connectivity index (χ4v) is 2.39. The summed E-state index contributed by atoms with van der Waals surface area (Å²) in [7, 11) is 0. The summed E-state index contributed by atoms with van der Waals surface area (Å²) in [5.74, 6) is -0.360. The van der Waals surface area contributed by atoms with Gasteiger partial charge in [-0.25, -0.2) is 4.79 Å². The number of carbonyl (C=O) groups is 1. The molecule has 0 unspecified atom stereocenters. The summed E-state index contributed by atoms with van der Waals surface area (Å²) >= 11 is 0. The summed E-state index contributed by atoms with van der Waals surface area (Å²) in [6, 6.07) is 17.6. The highest BCUT2D eigenvalue weighted by atomic mass is 16.5. The van der Waals surface area contributed by atoms with E-state index in [2.05, 4.69) is 4.98 Å². The smallest absolute Gasteiger partial charge is 0.331 e. The minimum atomic E-state index is -0.360. The number of aryl methyl sites for hydroxylation is 1. The van der Waals surface area contributed by atoms with Crippen molar-refractivity contribution in [3.05, 3.63) is 83.6 Å². The number of carbonyl (C=O) groups excluding carboxylic acids is 1. The molecule has 1 aromatic heterocycles. The molecule has 114 valence electrons. The second-order valence-electron chi connectivity index (χ2n) is 5.29. The number of hydrogen-bond acceptors (Lipinski definition) is 3. The van der Waals surface area contributed by atoms with E-state index in [1.165, 1.54) is 6.08 Å². The van der Waals surface area contributed by atoms with Crippen molar-refractivity contribution in [2.75, 3.05) is 0 Å². The third kappa shape index (κ3) is 3.64. The molecule has 0 aliphatic carbocycles. The lowest BCUT2D eigenvalue weighted by molar-refractivity contribution is -0.138. The molecule has 0 atom stereocenters. The standard InChI is InChI=1S/C20H17NO2/c1-15-6-2-3-7-18(15)14-23-19(22)12-11-17-9-4-8-16-10-5-13-21-20(16)17/h2-13H,14H2,1H3/b12-11+. The Morgan fingerprint density at radius 2 is 1.91 bits per heavy atom. The van der Waals surface area contributed by atoms with Crippen LogP contribution in [0.4, 0.5) is 0 Å². The molecule has 0 fully saturated rings. The van der Waals surface area contributed by atoms with Crippen LogP contribution in [0.2, 0.25) is 0 Å². The van der Waals surface area contributed by atoms with Gasteiger partial charge in [0.15, 0.2) is 0 Å². The number of pyridine rings is 1. The molecule has 3 nitrogen and oxygen atoms in total. The van der Waals surface area contributed by atoms with Crippen molar-refractivity contribution in [3.63, 3.8) is 0 Å². The van der Waals surface area contributed by atoms with Crippen molar-refractivity contribution in [1.29, 1.82) is 0 Å². The molecular weight excluding hydrogens is 286 g/mol. The van der Waals surface area contributed by atoms with Crippen LogP contribution in [0, 0.1) is 6.92 Å². The molecule has 3 rings (SSSR count). The molecule has 0 spiro atoms. The van der Waals surface area contributed by atoms with Crippen molar-refractivity contribution in [3.8, 4) is 0 Å². The zero-order valence-corrected chi connectivity index (χ0v) is 12.9. The van der Waals surface area contributed by atoms with E-state index in [1.807, 2.05) is 61.5 Å². The molecule has 0 saturated heterocycles. The molecule has 0 aliphatic heterocycles. The van der Waals surface area contributed by atoms with E-state index in [0.29, 0.717) is 0 Å². The number of para-hydroxylation sites is 1. The lowest BCUT2D eigenvalue weighted by Crippen LogP contribution is -2.01. The number of benzene rings is 2. The van der Waals surface area contributed by atoms with Crippen molar-refractivity contribution in [2.24, 2.45) is 0 Å². The number of nitrogens with zero attached hydrogens (tertiary/aromatic N) is 1. The summed E-state index contributed by atoms with van der Waals surface area (Å²) in [5.41, 5.74) is 3.90. The van der Waals surface area contributed by atoms with E-state index in [9.17, 15) is 4.79 Å². The van der Waals surface area contributed by atoms with Gasteiger partial charge in [0, 0.05) is 23.2 Å². The van der Waals surface area contributed by atoms with Crippen LogP contribution in [-0.2, 0) is 16.1 Å². The van der Waals surface area contributed by atoms with Crippen molar-refractivity contribution >= 4 is 22.9 Å². The van der Waals surface area contributed by atoms with Gasteiger partial charge in [-0.05, 0) is 30.2 Å². The largest absolute Gasteiger partial charge is 0.458 e. The SMILES string of the molecule is Cc1ccccc1COC(=O)/C=C/c1cccc2cccnc12. The third-order valence-electron chi connectivity index (χ3n) is 3.69. The maximum absolute atomic E-state index is 11.9. The fraction of sp³-hybridized carbons (Fsp3) is 0.100. The van der Waals surface area contributed by atoms with Crippen molar-refractivity contribution in [1.82, 2.24) is 4.98 Å². The molecule has 3 heteroatoms. The van der Waals surface area contributed by atoms with E-state index >= 15 is 0 Å². The zero-order chi connectivity index (χ0) is 16.1. The minimum absolute atomic E-state index is 0.281. The van der Waals surface area contributed by atoms with Crippen molar-refractivity contribution < 1.29 is 9.53 Å². The molecular formula is C20H17NO2. The van der Waals surface area contributed by atoms with E-state index in [0.717, 1.165) is 27.6 Å². The molecule has 0 amide bonds. The maximum atomic E-state index is 11.9. The number of hydrogen-bond donors (Lipinski definition) is 0. The highest BCUT2D eigenvalue weighted by molar-refractivity contribution is 5.92. The van der Waals surface area contributed by atoms with E-state index in [-0.39, 0.29) is 12.6 Å². The zero-order valence-electron chi connectivity index (χ0n) is 12.9. The molecule has 0 bridgehead atoms. The molecule has 23 heavy (non-hydrogen) atoms. The van der Waals surface area contributed by atoms with Crippen molar-refractivity contribution in [2.45, 2.75) is 13.5 Å². The summed E-state index contributed by atoms with van der Waals surface area (Å²) in [6.07, 6.45) is 4.94. The maximum Gasteiger partial charge on any atom is 0.331 e. The molecule has 3 aromatic rings. The van der Waals surface area contributed by atoms with Crippen LogP contribution in [0.1, 0.15) is 16.7 Å². The molecule has 0 radical (unpaired) electrons. The van der Waals surface area contributed by atoms with Crippen LogP contribution in [-0.4, -0.2) is 11.0 Å². The van der Waals surface area contributed by atoms with E-state index < -0.39 is 0 Å². The molecule has 0 saturated carbocycles. The van der Waals surface area contributed by atoms with Gasteiger partial charge in [0.2, 0.25) is 0 Å². The number of rotatable bonds is 4. The Morgan fingerprint density at radius 3 is 2.78 bits per heavy atom. The van der Waals surface area contributed by atoms with Gasteiger partial charge in [-0.1, -0.05) is 48.5 Å². The monoisotopic (exact) mass is 303 g/mol. The lowest BCUT2D eigenvalue weighted by Gasteiger charge is -2.05. The number of ether oxygens (including phenoxy) is 1. The van der Waals surface area contributed by atoms with Gasteiger partial charge in [-0.3, -0.25) is 4.98 Å². The predicted molar refractivity (Wildman–Crippen MR) is 91.8 cm³/mol. The summed E-state index contributed by atoms with van der Waals surface area (Å²) < 4.78 is 5.30. The Morgan fingerprint density at radius 1 is 1.09 bits per heavy atom. The number of aromatic nitrogens is 1. The average Bonchev–Trinajstić information content (AvgIpc) is 2.59. The first-order chi connectivity index (χ1) is 11.2. The van der Waals surface area contributed by atoms with E-state index in [4.69, 9.17) is 4.74 Å². The topological polar surface area (TPSA) is 39.2 Å². The highest BCUT2D eigenvalue weighted by Gasteiger charge is 2.03. The normalized spacial score (nSPS) is 11.0. The second kappa shape index (κ2) is 6.88. The first-order valence-electron chi connectivity index (χ1n) is 7.47. The third-order valence-corrected chi connectivity index (χ3v) is 3.69. The van der Waals surface area contributed by atoms with Gasteiger partial charge in [0.25, 0.3) is 0 Å². The molecule has 2 aromatic carbocycles. The molecule has 0 aliphatic rings. The molecule has 1 heterocycles. The van der Waals surface area contributed by atoms with Crippen LogP contribution in [0.5, 0.6) is 0 Å². The number of esters is 1. The van der Waals surface area contributed by atoms with Gasteiger partial charge in [-0.15, -0.1) is 0 Å². The predicted octanol–water partition coefficient (Wildman–Crippen LogP) is 4.30. The second-order valence-corrected chi connectivity index (χ2v) is 5.29. The summed E-state index contributed by atoms with van der Waals surface area (Å²) in [4.78, 5) is 16.3. The molecule has 0 N–H and O–H groups in total. The summed E-state index contributed by atoms with van der Waals surface area (Å²) in [6.45, 7) is 2.28. The number of fused-ring (bicyclic) bond motifs is 1. The fourth-order valence-electron chi connectivity index (χ4n) is 2.39. The van der Waals surface area contributed by atoms with Crippen LogP contribution >= 0.6 is 0 Å². The minimum Gasteiger partial charge on any atom is -0.458 e. The van der Waals surface area contributed by atoms with Gasteiger partial charge in [0.05, 0.1) is 5.52 Å². The Kier molecular flexibility index (Phi) is 4.48. The van der Waals surface area contributed by atoms with Crippen LogP contribution in [0.15, 0.2) is 66.9 Å². The van der Waals surface area contributed by atoms with E-state index in [1.54, 1.807) is 12.3 Å². The van der Waals surface area contributed by atoms with Crippen LogP contribution in [0.3, 0.4) is 0 Å². The van der Waals surface area contributed by atoms with Gasteiger partial charge >= 0.3 is 5.97 Å². The van der Waals surface area contributed by atoms with Gasteiger partial charge in [-0.2, -0.15) is 0 Å². The highest BCUT2D eigenvalue weighted by Crippen LogP contribution is 2.17. The quantitative estimate of drug-likeness (QED) is 0.533. The summed E-state index contributed by atoms with van der Waals surface area (Å²) in [5, 5.41) is 1.04. The Balaban J connectivity index is 1.70. The van der Waals surface area contributed by atoms with Crippen LogP contribution in [0.25, 0.3) is 17.0 Å².